The maximum atomic E-state index is 13.0. The van der Waals surface area contributed by atoms with Gasteiger partial charge in [0.2, 0.25) is 0 Å². The number of nitrogens with zero attached hydrogens (tertiary/aromatic N) is 2. The molecule has 0 aliphatic carbocycles. The van der Waals surface area contributed by atoms with Gasteiger partial charge in [-0.25, -0.2) is 4.39 Å². The van der Waals surface area contributed by atoms with Gasteiger partial charge in [-0.3, -0.25) is 9.48 Å². The molecule has 0 radical (unpaired) electrons. The minimum Gasteiger partial charge on any atom is -0.318 e. The second-order valence-corrected chi connectivity index (χ2v) is 4.64. The van der Waals surface area contributed by atoms with Gasteiger partial charge >= 0.3 is 0 Å². The lowest BCUT2D eigenvalue weighted by Gasteiger charge is -2.10. The van der Waals surface area contributed by atoms with Crippen LogP contribution in [-0.4, -0.2) is 15.6 Å². The number of aryl methyl sites for hydroxylation is 2. The topological polar surface area (TPSA) is 60.9 Å². The van der Waals surface area contributed by atoms with Crippen LogP contribution in [0, 0.1) is 12.7 Å². The van der Waals surface area contributed by atoms with E-state index >= 15 is 0 Å². The van der Waals surface area contributed by atoms with Crippen molar-refractivity contribution in [2.45, 2.75) is 19.4 Å². The summed E-state index contributed by atoms with van der Waals surface area (Å²) < 4.78 is 14.6. The highest BCUT2D eigenvalue weighted by molar-refractivity contribution is 5.87. The van der Waals surface area contributed by atoms with E-state index in [9.17, 15) is 9.18 Å². The van der Waals surface area contributed by atoms with Crippen LogP contribution in [0.25, 0.3) is 0 Å². The number of hydrogen-bond acceptors (Lipinski definition) is 3. The van der Waals surface area contributed by atoms with Crippen LogP contribution in [0.2, 0.25) is 0 Å². The zero-order valence-electron chi connectivity index (χ0n) is 10.9. The summed E-state index contributed by atoms with van der Waals surface area (Å²) in [5, 5.41) is 3.99. The van der Waals surface area contributed by atoms with Crippen LogP contribution < -0.4 is 5.73 Å². The Labute approximate surface area is 111 Å². The number of carbonyl (C=O) groups excluding carboxylic acids is 1. The van der Waals surface area contributed by atoms with E-state index in [4.69, 9.17) is 5.73 Å². The molecule has 0 saturated heterocycles. The third-order valence-electron chi connectivity index (χ3n) is 3.10. The number of aromatic nitrogens is 2. The SMILES string of the molecule is Cc1cc(F)ccc1CC(=O)C(N)c1cnn(C)c1. The Morgan fingerprint density at radius 3 is 2.84 bits per heavy atom. The molecule has 1 unspecified atom stereocenters. The Morgan fingerprint density at radius 1 is 1.53 bits per heavy atom. The fourth-order valence-corrected chi connectivity index (χ4v) is 1.94. The molecule has 0 aliphatic heterocycles. The molecule has 0 fully saturated rings. The largest absolute Gasteiger partial charge is 0.318 e. The quantitative estimate of drug-likeness (QED) is 0.910. The summed E-state index contributed by atoms with van der Waals surface area (Å²) in [5.74, 6) is -0.409. The third kappa shape index (κ3) is 3.06. The lowest BCUT2D eigenvalue weighted by molar-refractivity contribution is -0.119. The van der Waals surface area contributed by atoms with Gasteiger partial charge in [0.25, 0.3) is 0 Å². The summed E-state index contributed by atoms with van der Waals surface area (Å²) in [7, 11) is 1.77. The van der Waals surface area contributed by atoms with E-state index in [2.05, 4.69) is 5.10 Å². The highest BCUT2D eigenvalue weighted by Gasteiger charge is 2.18. The van der Waals surface area contributed by atoms with E-state index in [1.54, 1.807) is 37.1 Å². The predicted molar refractivity (Wildman–Crippen MR) is 70.0 cm³/mol. The van der Waals surface area contributed by atoms with Gasteiger partial charge in [0, 0.05) is 25.2 Å². The standard InChI is InChI=1S/C14H16FN3O/c1-9-5-12(15)4-3-10(9)6-13(19)14(16)11-7-17-18(2)8-11/h3-5,7-8,14H,6,16H2,1-2H3. The Balaban J connectivity index is 2.12. The van der Waals surface area contributed by atoms with E-state index in [1.807, 2.05) is 0 Å². The van der Waals surface area contributed by atoms with Crippen molar-refractivity contribution in [3.63, 3.8) is 0 Å². The number of rotatable bonds is 4. The zero-order valence-corrected chi connectivity index (χ0v) is 10.9. The van der Waals surface area contributed by atoms with Gasteiger partial charge in [-0.15, -0.1) is 0 Å². The van der Waals surface area contributed by atoms with Gasteiger partial charge in [-0.1, -0.05) is 6.07 Å². The highest BCUT2D eigenvalue weighted by atomic mass is 19.1. The number of nitrogens with two attached hydrogens (primary N) is 1. The third-order valence-corrected chi connectivity index (χ3v) is 3.10. The first-order chi connectivity index (χ1) is 8.97. The predicted octanol–water partition coefficient (Wildman–Crippen LogP) is 1.68. The van der Waals surface area contributed by atoms with Crippen LogP contribution >= 0.6 is 0 Å². The molecule has 2 aromatic rings. The number of carbonyl (C=O) groups is 1. The van der Waals surface area contributed by atoms with Crippen LogP contribution in [0.1, 0.15) is 22.7 Å². The number of Topliss-reactive ketones (excluding diaryl/α,β-unsaturated/α-hetero) is 1. The van der Waals surface area contributed by atoms with Gasteiger partial charge in [0.1, 0.15) is 5.82 Å². The van der Waals surface area contributed by atoms with Crippen LogP contribution in [-0.2, 0) is 18.3 Å². The van der Waals surface area contributed by atoms with Crippen molar-refractivity contribution in [1.82, 2.24) is 9.78 Å². The van der Waals surface area contributed by atoms with Crippen molar-refractivity contribution in [2.24, 2.45) is 12.8 Å². The van der Waals surface area contributed by atoms with Crippen molar-refractivity contribution in [2.75, 3.05) is 0 Å². The van der Waals surface area contributed by atoms with Gasteiger partial charge < -0.3 is 5.73 Å². The maximum Gasteiger partial charge on any atom is 0.158 e. The molecule has 0 spiro atoms. The number of hydrogen-bond donors (Lipinski definition) is 1. The first kappa shape index (κ1) is 13.4. The number of benzene rings is 1. The molecule has 5 heteroatoms. The summed E-state index contributed by atoms with van der Waals surface area (Å²) in [4.78, 5) is 12.1. The first-order valence-electron chi connectivity index (χ1n) is 5.99. The Morgan fingerprint density at radius 2 is 2.26 bits per heavy atom. The minimum absolute atomic E-state index is 0.109. The zero-order chi connectivity index (χ0) is 14.0. The normalized spacial score (nSPS) is 12.4. The van der Waals surface area contributed by atoms with Gasteiger partial charge in [0.15, 0.2) is 5.78 Å². The summed E-state index contributed by atoms with van der Waals surface area (Å²) in [6.45, 7) is 1.78. The van der Waals surface area contributed by atoms with Crippen LogP contribution in [0.15, 0.2) is 30.6 Å². The minimum atomic E-state index is -0.696. The van der Waals surface area contributed by atoms with E-state index in [0.717, 1.165) is 11.1 Å². The summed E-state index contributed by atoms with van der Waals surface area (Å²) in [6, 6.07) is 3.69. The van der Waals surface area contributed by atoms with Crippen molar-refractivity contribution in [3.8, 4) is 0 Å². The van der Waals surface area contributed by atoms with Crippen LogP contribution in [0.3, 0.4) is 0 Å². The molecular formula is C14H16FN3O. The highest BCUT2D eigenvalue weighted by Crippen LogP contribution is 2.16. The van der Waals surface area contributed by atoms with Crippen molar-refractivity contribution in [1.29, 1.82) is 0 Å². The second kappa shape index (κ2) is 5.32. The van der Waals surface area contributed by atoms with E-state index in [-0.39, 0.29) is 18.0 Å². The summed E-state index contributed by atoms with van der Waals surface area (Å²) in [5.41, 5.74) is 8.14. The van der Waals surface area contributed by atoms with Gasteiger partial charge in [-0.05, 0) is 30.2 Å². The molecule has 0 bridgehead atoms. The molecule has 1 aromatic heterocycles. The molecule has 2 N–H and O–H groups in total. The van der Waals surface area contributed by atoms with Crippen molar-refractivity contribution < 1.29 is 9.18 Å². The van der Waals surface area contributed by atoms with Crippen LogP contribution in [0.4, 0.5) is 4.39 Å². The number of halogens is 1. The monoisotopic (exact) mass is 261 g/mol. The second-order valence-electron chi connectivity index (χ2n) is 4.64. The van der Waals surface area contributed by atoms with Gasteiger partial charge in [-0.2, -0.15) is 5.10 Å². The average molecular weight is 261 g/mol. The molecule has 4 nitrogen and oxygen atoms in total. The fraction of sp³-hybridized carbons (Fsp3) is 0.286. The van der Waals surface area contributed by atoms with E-state index in [0.29, 0.717) is 5.56 Å². The Hall–Kier alpha value is -2.01. The van der Waals surface area contributed by atoms with Gasteiger partial charge in [0.05, 0.1) is 12.2 Å². The molecule has 2 rings (SSSR count). The summed E-state index contributed by atoms with van der Waals surface area (Å²) >= 11 is 0. The maximum absolute atomic E-state index is 13.0. The molecule has 100 valence electrons. The molecule has 19 heavy (non-hydrogen) atoms. The molecule has 0 amide bonds. The molecule has 1 heterocycles. The number of ketones is 1. The average Bonchev–Trinajstić information content (AvgIpc) is 2.78. The molecule has 0 saturated carbocycles. The fourth-order valence-electron chi connectivity index (χ4n) is 1.94. The van der Waals surface area contributed by atoms with E-state index < -0.39 is 6.04 Å². The Bertz CT molecular complexity index is 606. The lowest BCUT2D eigenvalue weighted by Crippen LogP contribution is -2.23. The summed E-state index contributed by atoms with van der Waals surface area (Å²) in [6.07, 6.45) is 3.50. The van der Waals surface area contributed by atoms with Crippen molar-refractivity contribution >= 4 is 5.78 Å². The van der Waals surface area contributed by atoms with Crippen molar-refractivity contribution in [3.05, 3.63) is 53.1 Å². The lowest BCUT2D eigenvalue weighted by atomic mass is 9.98. The molecule has 1 aromatic carbocycles. The van der Waals surface area contributed by atoms with E-state index in [1.165, 1.54) is 12.1 Å². The molecule has 0 aliphatic rings. The van der Waals surface area contributed by atoms with Crippen LogP contribution in [0.5, 0.6) is 0 Å². The Kier molecular flexibility index (Phi) is 3.76. The molecular weight excluding hydrogens is 245 g/mol. The molecule has 1 atom stereocenters. The smallest absolute Gasteiger partial charge is 0.158 e. The first-order valence-corrected chi connectivity index (χ1v) is 5.99.